The van der Waals surface area contributed by atoms with Crippen LogP contribution in [0.25, 0.3) is 0 Å². The van der Waals surface area contributed by atoms with Crippen LogP contribution in [-0.4, -0.2) is 128 Å². The van der Waals surface area contributed by atoms with E-state index in [1.807, 2.05) is 6.92 Å². The molecule has 0 aromatic carbocycles. The van der Waals surface area contributed by atoms with Crippen LogP contribution in [0.1, 0.15) is 90.4 Å². The zero-order valence-electron chi connectivity index (χ0n) is 25.2. The van der Waals surface area contributed by atoms with Crippen LogP contribution in [0.15, 0.2) is 12.2 Å². The zero-order valence-corrected chi connectivity index (χ0v) is 25.2. The van der Waals surface area contributed by atoms with E-state index < -0.39 is 80.6 Å². The molecule has 0 spiro atoms. The largest absolute Gasteiger partial charge is 0.481 e. The summed E-state index contributed by atoms with van der Waals surface area (Å²) in [7, 11) is 0. The molecule has 0 radical (unpaired) electrons. The number of aliphatic hydroxyl groups is 7. The van der Waals surface area contributed by atoms with E-state index in [2.05, 4.69) is 12.2 Å². The highest BCUT2D eigenvalue weighted by Crippen LogP contribution is 2.30. The molecule has 13 heteroatoms. The maximum absolute atomic E-state index is 10.7. The van der Waals surface area contributed by atoms with Crippen molar-refractivity contribution >= 4 is 5.97 Å². The number of carboxylic acid groups (broad SMARTS) is 1. The Hall–Kier alpha value is -1.23. The standard InChI is InChI=1S/C30H54O13/c1-19(15-13-11-9-7-5-3-2-4-6-8-10-12-14-16-22(33)34)40-30-28(26(38)24(36)21(18-32)42-30)43-29-27(39)25(37)23(35)20(17-31)41-29/h2-3,19-21,23-32,35-39H,4-18H2,1H3,(H,33,34)/b3-2-. The van der Waals surface area contributed by atoms with E-state index in [1.165, 1.54) is 0 Å². The number of rotatable bonds is 21. The Bertz CT molecular complexity index is 781. The van der Waals surface area contributed by atoms with E-state index in [9.17, 15) is 40.5 Å². The van der Waals surface area contributed by atoms with Gasteiger partial charge >= 0.3 is 5.97 Å². The summed E-state index contributed by atoms with van der Waals surface area (Å²) in [5, 5.41) is 79.2. The molecule has 2 rings (SSSR count). The fraction of sp³-hybridized carbons (Fsp3) is 0.900. The fourth-order valence-corrected chi connectivity index (χ4v) is 5.29. The first-order valence-electron chi connectivity index (χ1n) is 15.7. The number of hydrogen-bond donors (Lipinski definition) is 8. The van der Waals surface area contributed by atoms with Crippen molar-refractivity contribution in [3.05, 3.63) is 12.2 Å². The molecule has 2 fully saturated rings. The molecular formula is C30H54O13. The normalized spacial score (nSPS) is 34.0. The maximum Gasteiger partial charge on any atom is 0.303 e. The van der Waals surface area contributed by atoms with Crippen molar-refractivity contribution in [2.24, 2.45) is 0 Å². The molecule has 0 aromatic rings. The number of ether oxygens (including phenoxy) is 4. The Labute approximate surface area is 254 Å². The predicted octanol–water partition coefficient (Wildman–Crippen LogP) is 0.728. The lowest BCUT2D eigenvalue weighted by atomic mass is 9.97. The van der Waals surface area contributed by atoms with Crippen LogP contribution in [0, 0.1) is 0 Å². The highest BCUT2D eigenvalue weighted by atomic mass is 16.8. The van der Waals surface area contributed by atoms with Crippen molar-refractivity contribution < 1.29 is 64.6 Å². The number of allylic oxidation sites excluding steroid dienone is 2. The summed E-state index contributed by atoms with van der Waals surface area (Å²) in [5.74, 6) is -0.727. The van der Waals surface area contributed by atoms with E-state index in [-0.39, 0.29) is 12.5 Å². The molecule has 11 unspecified atom stereocenters. The van der Waals surface area contributed by atoms with Gasteiger partial charge in [-0.3, -0.25) is 4.79 Å². The second-order valence-electron chi connectivity index (χ2n) is 11.6. The first kappa shape index (κ1) is 38.0. The SMILES string of the molecule is CC(CCCCCC/C=C\CCCCCCCC(=O)O)OC1OC(CO)C(O)C(O)C1OC1OC(CO)C(O)C(O)C1O. The van der Waals surface area contributed by atoms with Gasteiger partial charge < -0.3 is 59.8 Å². The number of aliphatic carboxylic acids is 1. The smallest absolute Gasteiger partial charge is 0.303 e. The molecule has 0 saturated carbocycles. The van der Waals surface area contributed by atoms with Crippen LogP contribution in [-0.2, 0) is 23.7 Å². The molecule has 0 amide bonds. The van der Waals surface area contributed by atoms with Gasteiger partial charge in [0.1, 0.15) is 48.8 Å². The van der Waals surface area contributed by atoms with Gasteiger partial charge in [0.15, 0.2) is 12.6 Å². The van der Waals surface area contributed by atoms with Gasteiger partial charge in [-0.05, 0) is 45.4 Å². The van der Waals surface area contributed by atoms with Crippen LogP contribution >= 0.6 is 0 Å². The van der Waals surface area contributed by atoms with E-state index in [0.29, 0.717) is 6.42 Å². The van der Waals surface area contributed by atoms with Crippen molar-refractivity contribution in [2.75, 3.05) is 13.2 Å². The number of carboxylic acids is 1. The van der Waals surface area contributed by atoms with Crippen molar-refractivity contribution in [1.82, 2.24) is 0 Å². The highest BCUT2D eigenvalue weighted by molar-refractivity contribution is 5.66. The molecule has 8 N–H and O–H groups in total. The van der Waals surface area contributed by atoms with Crippen LogP contribution < -0.4 is 0 Å². The first-order valence-corrected chi connectivity index (χ1v) is 15.7. The van der Waals surface area contributed by atoms with Gasteiger partial charge in [-0.2, -0.15) is 0 Å². The highest BCUT2D eigenvalue weighted by Gasteiger charge is 2.51. The summed E-state index contributed by atoms with van der Waals surface area (Å²) in [6.07, 6.45) is 1.48. The summed E-state index contributed by atoms with van der Waals surface area (Å²) in [6, 6.07) is 0. The topological polar surface area (TPSA) is 216 Å². The molecule has 2 aliphatic heterocycles. The van der Waals surface area contributed by atoms with Crippen LogP contribution in [0.3, 0.4) is 0 Å². The molecule has 2 saturated heterocycles. The molecule has 43 heavy (non-hydrogen) atoms. The second kappa shape index (κ2) is 20.7. The molecule has 0 aliphatic carbocycles. The number of hydrogen-bond acceptors (Lipinski definition) is 12. The lowest BCUT2D eigenvalue weighted by molar-refractivity contribution is -0.371. The molecule has 0 aromatic heterocycles. The average Bonchev–Trinajstić information content (AvgIpc) is 2.98. The summed E-state index contributed by atoms with van der Waals surface area (Å²) in [4.78, 5) is 10.5. The zero-order chi connectivity index (χ0) is 31.8. The molecule has 2 aliphatic rings. The van der Waals surface area contributed by atoms with Crippen molar-refractivity contribution in [1.29, 1.82) is 0 Å². The van der Waals surface area contributed by atoms with Gasteiger partial charge in [-0.1, -0.05) is 50.7 Å². The lowest BCUT2D eigenvalue weighted by Gasteiger charge is -2.46. The second-order valence-corrected chi connectivity index (χ2v) is 11.6. The monoisotopic (exact) mass is 622 g/mol. The molecule has 0 bridgehead atoms. The summed E-state index contributed by atoms with van der Waals surface area (Å²) >= 11 is 0. The summed E-state index contributed by atoms with van der Waals surface area (Å²) in [5.41, 5.74) is 0. The Balaban J connectivity index is 1.71. The Morgan fingerprint density at radius 3 is 1.79 bits per heavy atom. The van der Waals surface area contributed by atoms with Gasteiger partial charge in [0.2, 0.25) is 0 Å². The average molecular weight is 623 g/mol. The molecular weight excluding hydrogens is 568 g/mol. The van der Waals surface area contributed by atoms with Crippen molar-refractivity contribution in [3.63, 3.8) is 0 Å². The van der Waals surface area contributed by atoms with Crippen LogP contribution in [0.2, 0.25) is 0 Å². The van der Waals surface area contributed by atoms with Crippen molar-refractivity contribution in [2.45, 2.75) is 158 Å². The summed E-state index contributed by atoms with van der Waals surface area (Å²) in [6.45, 7) is 0.590. The minimum Gasteiger partial charge on any atom is -0.481 e. The number of unbranched alkanes of at least 4 members (excludes halogenated alkanes) is 9. The Morgan fingerprint density at radius 2 is 1.21 bits per heavy atom. The fourth-order valence-electron chi connectivity index (χ4n) is 5.29. The van der Waals surface area contributed by atoms with Crippen LogP contribution in [0.4, 0.5) is 0 Å². The number of aliphatic hydroxyl groups excluding tert-OH is 7. The van der Waals surface area contributed by atoms with Crippen molar-refractivity contribution in [3.8, 4) is 0 Å². The van der Waals surface area contributed by atoms with E-state index >= 15 is 0 Å². The minimum atomic E-state index is -1.72. The van der Waals surface area contributed by atoms with E-state index in [1.54, 1.807) is 0 Å². The van der Waals surface area contributed by atoms with Gasteiger partial charge in [0.25, 0.3) is 0 Å². The summed E-state index contributed by atoms with van der Waals surface area (Å²) < 4.78 is 22.7. The van der Waals surface area contributed by atoms with Gasteiger partial charge in [0, 0.05) is 6.42 Å². The minimum absolute atomic E-state index is 0.255. The maximum atomic E-state index is 10.7. The van der Waals surface area contributed by atoms with Gasteiger partial charge in [-0.25, -0.2) is 0 Å². The Kier molecular flexibility index (Phi) is 18.3. The van der Waals surface area contributed by atoms with Gasteiger partial charge in [-0.15, -0.1) is 0 Å². The predicted molar refractivity (Wildman–Crippen MR) is 154 cm³/mol. The van der Waals surface area contributed by atoms with Crippen LogP contribution in [0.5, 0.6) is 0 Å². The molecule has 2 heterocycles. The first-order chi connectivity index (χ1) is 20.6. The van der Waals surface area contributed by atoms with E-state index in [0.717, 1.165) is 70.6 Å². The Morgan fingerprint density at radius 1 is 0.698 bits per heavy atom. The molecule has 11 atom stereocenters. The third-order valence-electron chi connectivity index (χ3n) is 7.99. The third-order valence-corrected chi connectivity index (χ3v) is 7.99. The molecule has 13 nitrogen and oxygen atoms in total. The van der Waals surface area contributed by atoms with Gasteiger partial charge in [0.05, 0.1) is 19.3 Å². The lowest BCUT2D eigenvalue weighted by Crippen LogP contribution is -2.64. The number of carbonyl (C=O) groups is 1. The third kappa shape index (κ3) is 13.0. The van der Waals surface area contributed by atoms with E-state index in [4.69, 9.17) is 24.1 Å². The quantitative estimate of drug-likeness (QED) is 0.0655. The molecule has 252 valence electrons.